The molecule has 0 fully saturated rings. The summed E-state index contributed by atoms with van der Waals surface area (Å²) in [6, 6.07) is 4.42. The van der Waals surface area contributed by atoms with Crippen molar-refractivity contribution < 1.29 is 4.39 Å². The predicted octanol–water partition coefficient (Wildman–Crippen LogP) is 3.78. The number of halogens is 3. The summed E-state index contributed by atoms with van der Waals surface area (Å²) in [5.74, 6) is -0.501. The Labute approximate surface area is 102 Å². The number of pyridine rings is 1. The molecular weight excluding hydrogens is 250 g/mol. The molecular formula is C11H7Cl2FN2. The van der Waals surface area contributed by atoms with Crippen molar-refractivity contribution in [1.82, 2.24) is 4.98 Å². The first-order valence-corrected chi connectivity index (χ1v) is 5.19. The Morgan fingerprint density at radius 1 is 1.12 bits per heavy atom. The SMILES string of the molecule is Nc1c(Cl)cncc1-c1ccc(Cl)c(F)c1. The summed E-state index contributed by atoms with van der Waals surface area (Å²) < 4.78 is 13.3. The zero-order valence-corrected chi connectivity index (χ0v) is 9.56. The van der Waals surface area contributed by atoms with Crippen LogP contribution in [0.25, 0.3) is 11.1 Å². The van der Waals surface area contributed by atoms with E-state index in [1.165, 1.54) is 24.5 Å². The highest BCUT2D eigenvalue weighted by atomic mass is 35.5. The van der Waals surface area contributed by atoms with Gasteiger partial charge in [0.2, 0.25) is 0 Å². The highest BCUT2D eigenvalue weighted by Gasteiger charge is 2.08. The van der Waals surface area contributed by atoms with Crippen LogP contribution in [0, 0.1) is 5.82 Å². The van der Waals surface area contributed by atoms with E-state index in [-0.39, 0.29) is 5.02 Å². The lowest BCUT2D eigenvalue weighted by Crippen LogP contribution is -1.93. The van der Waals surface area contributed by atoms with Crippen molar-refractivity contribution in [3.8, 4) is 11.1 Å². The van der Waals surface area contributed by atoms with Crippen LogP contribution in [0.5, 0.6) is 0 Å². The standard InChI is InChI=1S/C11H7Cl2FN2/c12-8-2-1-6(3-10(8)14)7-4-16-5-9(13)11(7)15/h1-5H,(H2,15,16). The van der Waals surface area contributed by atoms with Crippen molar-refractivity contribution in [2.75, 3.05) is 5.73 Å². The maximum atomic E-state index is 13.3. The fourth-order valence-corrected chi connectivity index (χ4v) is 1.61. The summed E-state index contributed by atoms with van der Waals surface area (Å²) >= 11 is 11.4. The van der Waals surface area contributed by atoms with Gasteiger partial charge in [-0.3, -0.25) is 4.98 Å². The second kappa shape index (κ2) is 4.28. The van der Waals surface area contributed by atoms with E-state index >= 15 is 0 Å². The minimum Gasteiger partial charge on any atom is -0.397 e. The maximum absolute atomic E-state index is 13.3. The van der Waals surface area contributed by atoms with E-state index in [9.17, 15) is 4.39 Å². The van der Waals surface area contributed by atoms with Crippen LogP contribution in [0.3, 0.4) is 0 Å². The molecule has 2 rings (SSSR count). The average Bonchev–Trinajstić information content (AvgIpc) is 2.26. The molecule has 0 spiro atoms. The molecule has 2 aromatic rings. The van der Waals surface area contributed by atoms with Gasteiger partial charge in [-0.15, -0.1) is 0 Å². The topological polar surface area (TPSA) is 38.9 Å². The van der Waals surface area contributed by atoms with Crippen molar-refractivity contribution in [3.05, 3.63) is 46.5 Å². The molecule has 0 unspecified atom stereocenters. The van der Waals surface area contributed by atoms with Gasteiger partial charge in [-0.1, -0.05) is 29.3 Å². The molecule has 0 atom stereocenters. The van der Waals surface area contributed by atoms with Crippen molar-refractivity contribution in [2.24, 2.45) is 0 Å². The van der Waals surface area contributed by atoms with E-state index in [1.54, 1.807) is 6.07 Å². The van der Waals surface area contributed by atoms with Crippen molar-refractivity contribution >= 4 is 28.9 Å². The molecule has 16 heavy (non-hydrogen) atoms. The molecule has 5 heteroatoms. The maximum Gasteiger partial charge on any atom is 0.142 e. The Kier molecular flexibility index (Phi) is 2.99. The van der Waals surface area contributed by atoms with Crippen LogP contribution in [0.15, 0.2) is 30.6 Å². The van der Waals surface area contributed by atoms with Gasteiger partial charge in [0.05, 0.1) is 15.7 Å². The van der Waals surface area contributed by atoms with Crippen LogP contribution in [0.4, 0.5) is 10.1 Å². The molecule has 0 aliphatic rings. The van der Waals surface area contributed by atoms with Gasteiger partial charge >= 0.3 is 0 Å². The van der Waals surface area contributed by atoms with E-state index in [0.717, 1.165) is 0 Å². The third kappa shape index (κ3) is 1.96. The summed E-state index contributed by atoms with van der Waals surface area (Å²) in [6.07, 6.45) is 2.97. The summed E-state index contributed by atoms with van der Waals surface area (Å²) in [5.41, 5.74) is 7.33. The van der Waals surface area contributed by atoms with Gasteiger partial charge in [0.25, 0.3) is 0 Å². The van der Waals surface area contributed by atoms with Gasteiger partial charge in [-0.2, -0.15) is 0 Å². The zero-order chi connectivity index (χ0) is 11.7. The van der Waals surface area contributed by atoms with E-state index < -0.39 is 5.82 Å². The Morgan fingerprint density at radius 3 is 2.56 bits per heavy atom. The van der Waals surface area contributed by atoms with Gasteiger partial charge < -0.3 is 5.73 Å². The van der Waals surface area contributed by atoms with E-state index in [4.69, 9.17) is 28.9 Å². The second-order valence-corrected chi connectivity index (χ2v) is 4.03. The molecule has 1 aromatic heterocycles. The number of nitrogens with two attached hydrogens (primary N) is 1. The number of benzene rings is 1. The molecule has 0 saturated heterocycles. The molecule has 2 nitrogen and oxygen atoms in total. The lowest BCUT2D eigenvalue weighted by Gasteiger charge is -2.07. The highest BCUT2D eigenvalue weighted by Crippen LogP contribution is 2.31. The molecule has 0 bridgehead atoms. The molecule has 0 saturated carbocycles. The molecule has 0 radical (unpaired) electrons. The third-order valence-electron chi connectivity index (χ3n) is 2.17. The van der Waals surface area contributed by atoms with Crippen molar-refractivity contribution in [2.45, 2.75) is 0 Å². The first-order valence-electron chi connectivity index (χ1n) is 4.44. The van der Waals surface area contributed by atoms with Gasteiger partial charge in [0.1, 0.15) is 5.82 Å². The second-order valence-electron chi connectivity index (χ2n) is 3.21. The van der Waals surface area contributed by atoms with Crippen molar-refractivity contribution in [3.63, 3.8) is 0 Å². The highest BCUT2D eigenvalue weighted by molar-refractivity contribution is 6.33. The molecule has 0 aliphatic carbocycles. The molecule has 1 heterocycles. The molecule has 0 aliphatic heterocycles. The first kappa shape index (κ1) is 11.2. The Hall–Kier alpha value is -1.32. The van der Waals surface area contributed by atoms with Gasteiger partial charge in [0.15, 0.2) is 0 Å². The minimum absolute atomic E-state index is 0.0670. The number of hydrogen-bond donors (Lipinski definition) is 1. The van der Waals surface area contributed by atoms with Crippen LogP contribution in [0.1, 0.15) is 0 Å². The fourth-order valence-electron chi connectivity index (χ4n) is 1.34. The molecule has 0 amide bonds. The third-order valence-corrected chi connectivity index (χ3v) is 2.78. The summed E-state index contributed by atoms with van der Waals surface area (Å²) in [5, 5.41) is 0.408. The Morgan fingerprint density at radius 2 is 1.88 bits per heavy atom. The normalized spacial score (nSPS) is 10.4. The van der Waals surface area contributed by atoms with Crippen LogP contribution >= 0.6 is 23.2 Å². The monoisotopic (exact) mass is 256 g/mol. The first-order chi connectivity index (χ1) is 7.59. The Balaban J connectivity index is 2.59. The fraction of sp³-hybridized carbons (Fsp3) is 0. The van der Waals surface area contributed by atoms with Gasteiger partial charge in [0, 0.05) is 18.0 Å². The smallest absolute Gasteiger partial charge is 0.142 e. The van der Waals surface area contributed by atoms with E-state index in [0.29, 0.717) is 21.8 Å². The minimum atomic E-state index is -0.501. The average molecular weight is 257 g/mol. The van der Waals surface area contributed by atoms with Crippen LogP contribution in [0.2, 0.25) is 10.0 Å². The van der Waals surface area contributed by atoms with Crippen LogP contribution in [-0.2, 0) is 0 Å². The summed E-state index contributed by atoms with van der Waals surface area (Å²) in [4.78, 5) is 3.91. The van der Waals surface area contributed by atoms with Crippen LogP contribution < -0.4 is 5.73 Å². The number of anilines is 1. The zero-order valence-electron chi connectivity index (χ0n) is 8.05. The summed E-state index contributed by atoms with van der Waals surface area (Å²) in [6.45, 7) is 0. The van der Waals surface area contributed by atoms with E-state index in [2.05, 4.69) is 4.98 Å². The largest absolute Gasteiger partial charge is 0.397 e. The number of aromatic nitrogens is 1. The van der Waals surface area contributed by atoms with E-state index in [1.807, 2.05) is 0 Å². The Bertz CT molecular complexity index is 544. The number of hydrogen-bond acceptors (Lipinski definition) is 2. The lowest BCUT2D eigenvalue weighted by molar-refractivity contribution is 0.629. The molecule has 82 valence electrons. The quantitative estimate of drug-likeness (QED) is 0.844. The molecule has 1 aromatic carbocycles. The van der Waals surface area contributed by atoms with Crippen molar-refractivity contribution in [1.29, 1.82) is 0 Å². The summed E-state index contributed by atoms with van der Waals surface area (Å²) in [7, 11) is 0. The number of nitrogens with zero attached hydrogens (tertiary/aromatic N) is 1. The number of nitrogen functional groups attached to an aromatic ring is 1. The molecule has 2 N–H and O–H groups in total. The van der Waals surface area contributed by atoms with Gasteiger partial charge in [-0.05, 0) is 17.7 Å². The predicted molar refractivity (Wildman–Crippen MR) is 64.1 cm³/mol. The lowest BCUT2D eigenvalue weighted by atomic mass is 10.1. The van der Waals surface area contributed by atoms with Gasteiger partial charge in [-0.25, -0.2) is 4.39 Å². The number of rotatable bonds is 1. The van der Waals surface area contributed by atoms with Crippen LogP contribution in [-0.4, -0.2) is 4.98 Å².